The lowest BCUT2D eigenvalue weighted by Crippen LogP contribution is -2.66. The summed E-state index contributed by atoms with van der Waals surface area (Å²) in [5, 5.41) is 20.9. The Morgan fingerprint density at radius 1 is 0.952 bits per heavy atom. The minimum atomic E-state index is -0.711. The van der Waals surface area contributed by atoms with E-state index < -0.39 is 11.4 Å². The second-order valence-corrected chi connectivity index (χ2v) is 17.1. The third kappa shape index (κ3) is 5.13. The summed E-state index contributed by atoms with van der Waals surface area (Å²) in [6.45, 7) is 18.0. The number of unbranched alkanes of at least 4 members (excludes halogenated alkanes) is 2. The summed E-state index contributed by atoms with van der Waals surface area (Å²) in [6.07, 6.45) is 14.5. The summed E-state index contributed by atoms with van der Waals surface area (Å²) in [4.78, 5) is 26.4. The number of fused-ring (bicyclic) bond motifs is 7. The Kier molecular flexibility index (Phi) is 9.04. The van der Waals surface area contributed by atoms with Crippen LogP contribution in [0, 0.1) is 50.2 Å². The van der Waals surface area contributed by atoms with Crippen LogP contribution in [0.4, 0.5) is 0 Å². The quantitative estimate of drug-likeness (QED) is 0.199. The van der Waals surface area contributed by atoms with Crippen molar-refractivity contribution >= 4 is 11.8 Å². The molecule has 240 valence electrons. The molecule has 0 heterocycles. The third-order valence-corrected chi connectivity index (χ3v) is 14.2. The number of carbonyl (C=O) groups is 2. The highest BCUT2D eigenvalue weighted by Gasteiger charge is 2.70. The van der Waals surface area contributed by atoms with E-state index in [0.29, 0.717) is 12.3 Å². The van der Waals surface area contributed by atoms with Gasteiger partial charge in [0, 0.05) is 5.92 Å². The van der Waals surface area contributed by atoms with Crippen molar-refractivity contribution < 1.29 is 19.8 Å². The number of nitrogens with two attached hydrogens (primary N) is 2. The number of aliphatic hydroxyl groups is 1. The van der Waals surface area contributed by atoms with Crippen molar-refractivity contribution in [1.29, 1.82) is 0 Å². The van der Waals surface area contributed by atoms with E-state index in [1.54, 1.807) is 0 Å². The number of ketones is 1. The Balaban J connectivity index is 0.000000446. The van der Waals surface area contributed by atoms with Gasteiger partial charge < -0.3 is 21.7 Å². The molecule has 0 aromatic carbocycles. The minimum absolute atomic E-state index is 0.0296. The van der Waals surface area contributed by atoms with Gasteiger partial charge in [-0.1, -0.05) is 73.3 Å². The standard InChI is InChI=1S/C30H46O4.C6H16N2/c1-25(2)21-8-11-30(7)23(28(21,5)10-9-22(25)32)20(31)16-18-19-17-27(4,24(33)34)13-12-26(19,3)14-15-29(18,30)6;1-2-3-4-5-6(7)8/h16,19,21-23,32H,8-15,17H2,1-7H3,(H,33,34);6H,2-5,7-8H2,1H3/t19-,21?,22+,23-,26-,27+,28+,29-,30-;/m1./s1. The Labute approximate surface area is 255 Å². The lowest BCUT2D eigenvalue weighted by molar-refractivity contribution is -0.202. The Morgan fingerprint density at radius 3 is 2.19 bits per heavy atom. The molecule has 42 heavy (non-hydrogen) atoms. The van der Waals surface area contributed by atoms with Crippen LogP contribution < -0.4 is 11.5 Å². The average Bonchev–Trinajstić information content (AvgIpc) is 2.89. The largest absolute Gasteiger partial charge is 0.481 e. The molecule has 0 aliphatic heterocycles. The van der Waals surface area contributed by atoms with E-state index in [4.69, 9.17) is 11.5 Å². The summed E-state index contributed by atoms with van der Waals surface area (Å²) in [5.74, 6) is 0.0603. The van der Waals surface area contributed by atoms with Crippen molar-refractivity contribution in [3.8, 4) is 0 Å². The predicted octanol–water partition coefficient (Wildman–Crippen LogP) is 7.22. The highest BCUT2D eigenvalue weighted by atomic mass is 16.4. The van der Waals surface area contributed by atoms with Crippen LogP contribution in [0.5, 0.6) is 0 Å². The zero-order valence-electron chi connectivity index (χ0n) is 28.0. The van der Waals surface area contributed by atoms with Gasteiger partial charge in [0.1, 0.15) is 0 Å². The van der Waals surface area contributed by atoms with Gasteiger partial charge in [0.25, 0.3) is 0 Å². The molecule has 6 nitrogen and oxygen atoms in total. The molecule has 5 rings (SSSR count). The average molecular weight is 587 g/mol. The van der Waals surface area contributed by atoms with Crippen LogP contribution in [0.3, 0.4) is 0 Å². The molecular weight excluding hydrogens is 524 g/mol. The van der Waals surface area contributed by atoms with Gasteiger partial charge in [-0.3, -0.25) is 9.59 Å². The van der Waals surface area contributed by atoms with Crippen molar-refractivity contribution in [2.75, 3.05) is 0 Å². The minimum Gasteiger partial charge on any atom is -0.481 e. The molecule has 6 heteroatoms. The van der Waals surface area contributed by atoms with E-state index in [0.717, 1.165) is 57.8 Å². The van der Waals surface area contributed by atoms with Crippen LogP contribution in [0.15, 0.2) is 11.6 Å². The second-order valence-electron chi connectivity index (χ2n) is 17.1. The van der Waals surface area contributed by atoms with E-state index in [1.165, 1.54) is 24.8 Å². The van der Waals surface area contributed by atoms with Crippen molar-refractivity contribution in [2.45, 2.75) is 151 Å². The number of carbonyl (C=O) groups excluding carboxylic acids is 1. The van der Waals surface area contributed by atoms with E-state index >= 15 is 0 Å². The number of carboxylic acid groups (broad SMARTS) is 1. The van der Waals surface area contributed by atoms with E-state index in [-0.39, 0.29) is 57.0 Å². The van der Waals surface area contributed by atoms with E-state index in [9.17, 15) is 19.8 Å². The molecule has 0 spiro atoms. The van der Waals surface area contributed by atoms with Crippen LogP contribution >= 0.6 is 0 Å². The summed E-state index contributed by atoms with van der Waals surface area (Å²) < 4.78 is 0. The number of carboxylic acids is 1. The SMILES string of the molecule is CC1(C)C2CC[C@]3(C)[C@H](C(=O)C=C4[C@H]5C[C@@](C)(C(=O)O)CC[C@]5(C)CC[C@]43C)[C@@]2(C)CC[C@@H]1O.CCCCCC(N)N. The van der Waals surface area contributed by atoms with Crippen LogP contribution in [0.1, 0.15) is 139 Å². The molecule has 0 saturated heterocycles. The van der Waals surface area contributed by atoms with Crippen molar-refractivity contribution in [1.82, 2.24) is 0 Å². The van der Waals surface area contributed by atoms with Crippen molar-refractivity contribution in [2.24, 2.45) is 61.7 Å². The summed E-state index contributed by atoms with van der Waals surface area (Å²) >= 11 is 0. The first-order chi connectivity index (χ1) is 19.3. The summed E-state index contributed by atoms with van der Waals surface area (Å²) in [5.41, 5.74) is 10.8. The Morgan fingerprint density at radius 2 is 1.60 bits per heavy atom. The highest BCUT2D eigenvalue weighted by molar-refractivity contribution is 5.95. The molecule has 0 aromatic heterocycles. The number of aliphatic hydroxyl groups excluding tert-OH is 1. The molecule has 5 aliphatic rings. The topological polar surface area (TPSA) is 127 Å². The molecule has 4 fully saturated rings. The normalized spacial score (nSPS) is 45.8. The first-order valence-corrected chi connectivity index (χ1v) is 17.0. The molecule has 6 N–H and O–H groups in total. The van der Waals surface area contributed by atoms with E-state index in [2.05, 4.69) is 48.5 Å². The van der Waals surface area contributed by atoms with Gasteiger partial charge in [-0.05, 0) is 116 Å². The fourth-order valence-corrected chi connectivity index (χ4v) is 11.0. The van der Waals surface area contributed by atoms with Gasteiger partial charge in [-0.15, -0.1) is 0 Å². The highest BCUT2D eigenvalue weighted by Crippen LogP contribution is 2.75. The van der Waals surface area contributed by atoms with Crippen molar-refractivity contribution in [3.05, 3.63) is 11.6 Å². The fraction of sp³-hybridized carbons (Fsp3) is 0.889. The molecule has 0 amide bonds. The van der Waals surface area contributed by atoms with Gasteiger partial charge in [0.2, 0.25) is 0 Å². The number of aliphatic carboxylic acids is 1. The molecule has 5 aliphatic carbocycles. The maximum atomic E-state index is 14.2. The van der Waals surface area contributed by atoms with Gasteiger partial charge in [0.15, 0.2) is 5.78 Å². The van der Waals surface area contributed by atoms with Gasteiger partial charge >= 0.3 is 5.97 Å². The smallest absolute Gasteiger partial charge is 0.309 e. The van der Waals surface area contributed by atoms with Crippen LogP contribution in [0.25, 0.3) is 0 Å². The Hall–Kier alpha value is -1.24. The number of rotatable bonds is 5. The van der Waals surface area contributed by atoms with Gasteiger partial charge in [0.05, 0.1) is 17.7 Å². The number of allylic oxidation sites excluding steroid dienone is 2. The van der Waals surface area contributed by atoms with Gasteiger partial charge in [-0.2, -0.15) is 0 Å². The van der Waals surface area contributed by atoms with Crippen LogP contribution in [0.2, 0.25) is 0 Å². The number of hydrogen-bond donors (Lipinski definition) is 4. The zero-order valence-corrected chi connectivity index (χ0v) is 28.0. The first kappa shape index (κ1) is 33.6. The van der Waals surface area contributed by atoms with Crippen LogP contribution in [-0.2, 0) is 9.59 Å². The predicted molar refractivity (Wildman–Crippen MR) is 169 cm³/mol. The third-order valence-electron chi connectivity index (χ3n) is 14.2. The molecule has 0 aromatic rings. The van der Waals surface area contributed by atoms with E-state index in [1.807, 2.05) is 13.0 Å². The van der Waals surface area contributed by atoms with Gasteiger partial charge in [-0.25, -0.2) is 0 Å². The molecule has 4 saturated carbocycles. The summed E-state index contributed by atoms with van der Waals surface area (Å²) in [7, 11) is 0. The lowest BCUT2D eigenvalue weighted by Gasteiger charge is -2.70. The maximum Gasteiger partial charge on any atom is 0.309 e. The lowest BCUT2D eigenvalue weighted by atomic mass is 9.33. The monoisotopic (exact) mass is 586 g/mol. The zero-order chi connectivity index (χ0) is 31.5. The second kappa shape index (κ2) is 11.3. The molecule has 0 radical (unpaired) electrons. The van der Waals surface area contributed by atoms with Crippen molar-refractivity contribution in [3.63, 3.8) is 0 Å². The molecule has 0 bridgehead atoms. The summed E-state index contributed by atoms with van der Waals surface area (Å²) in [6, 6.07) is 0. The fourth-order valence-electron chi connectivity index (χ4n) is 11.0. The number of hydrogen-bond acceptors (Lipinski definition) is 5. The molecule has 1 unspecified atom stereocenters. The molecule has 9 atom stereocenters. The first-order valence-electron chi connectivity index (χ1n) is 17.0. The maximum absolute atomic E-state index is 14.2. The van der Waals surface area contributed by atoms with Crippen LogP contribution in [-0.4, -0.2) is 34.2 Å². The Bertz CT molecular complexity index is 1080. The molecular formula is C36H62N2O4.